The quantitative estimate of drug-likeness (QED) is 0.841. The molecule has 0 aliphatic rings. The lowest BCUT2D eigenvalue weighted by Crippen LogP contribution is -2.14. The van der Waals surface area contributed by atoms with Crippen LogP contribution in [0.3, 0.4) is 0 Å². The molecule has 21 heavy (non-hydrogen) atoms. The van der Waals surface area contributed by atoms with Gasteiger partial charge in [0.2, 0.25) is 0 Å². The zero-order valence-corrected chi connectivity index (χ0v) is 11.6. The minimum absolute atomic E-state index is 0.0140. The van der Waals surface area contributed by atoms with E-state index in [-0.39, 0.29) is 18.2 Å². The molecule has 5 heteroatoms. The van der Waals surface area contributed by atoms with Gasteiger partial charge >= 0.3 is 0 Å². The van der Waals surface area contributed by atoms with Gasteiger partial charge < -0.3 is 10.4 Å². The van der Waals surface area contributed by atoms with Gasteiger partial charge in [-0.05, 0) is 24.6 Å². The molecule has 2 N–H and O–H groups in total. The minimum atomic E-state index is -0.336. The summed E-state index contributed by atoms with van der Waals surface area (Å²) in [5, 5.41) is 11.5. The smallest absolute Gasteiger partial charge is 0.275 e. The number of carbonyl (C=O) groups is 1. The highest BCUT2D eigenvalue weighted by atomic mass is 16.2. The van der Waals surface area contributed by atoms with E-state index in [9.17, 15) is 4.79 Å². The molecule has 2 rings (SSSR count). The van der Waals surface area contributed by atoms with E-state index in [1.54, 1.807) is 6.07 Å². The van der Waals surface area contributed by atoms with E-state index in [0.29, 0.717) is 17.7 Å². The molecule has 0 aliphatic carbocycles. The lowest BCUT2D eigenvalue weighted by atomic mass is 10.1. The summed E-state index contributed by atoms with van der Waals surface area (Å²) in [6, 6.07) is 5.58. The van der Waals surface area contributed by atoms with Gasteiger partial charge in [0.1, 0.15) is 5.69 Å². The first-order valence-corrected chi connectivity index (χ1v) is 6.48. The number of anilines is 1. The molecule has 106 valence electrons. The molecule has 1 aromatic heterocycles. The van der Waals surface area contributed by atoms with Crippen LogP contribution in [0.25, 0.3) is 0 Å². The van der Waals surface area contributed by atoms with Crippen molar-refractivity contribution in [2.45, 2.75) is 13.3 Å². The van der Waals surface area contributed by atoms with Crippen LogP contribution >= 0.6 is 0 Å². The Balaban J connectivity index is 2.24. The number of aliphatic hydroxyl groups is 1. The zero-order valence-electron chi connectivity index (χ0n) is 11.6. The van der Waals surface area contributed by atoms with Crippen molar-refractivity contribution in [3.8, 4) is 11.8 Å². The molecule has 1 amide bonds. The van der Waals surface area contributed by atoms with Gasteiger partial charge in [-0.2, -0.15) is 0 Å². The molecule has 0 unspecified atom stereocenters. The molecular formula is C16H15N3O2. The molecular weight excluding hydrogens is 266 g/mol. The van der Waals surface area contributed by atoms with E-state index < -0.39 is 0 Å². The first kappa shape index (κ1) is 14.7. The SMILES string of the molecule is Cc1ccc(NC(=O)c2cnccn2)c(C#CCCO)c1. The summed E-state index contributed by atoms with van der Waals surface area (Å²) in [5.74, 6) is 5.47. The molecule has 1 aromatic carbocycles. The second-order valence-corrected chi connectivity index (χ2v) is 4.37. The average molecular weight is 281 g/mol. The summed E-state index contributed by atoms with van der Waals surface area (Å²) in [6.45, 7) is 1.96. The van der Waals surface area contributed by atoms with Crippen LogP contribution in [0.2, 0.25) is 0 Å². The van der Waals surface area contributed by atoms with E-state index in [2.05, 4.69) is 27.1 Å². The van der Waals surface area contributed by atoms with E-state index in [1.807, 2.05) is 19.1 Å². The van der Waals surface area contributed by atoms with Gasteiger partial charge in [-0.3, -0.25) is 9.78 Å². The Morgan fingerprint density at radius 1 is 1.38 bits per heavy atom. The topological polar surface area (TPSA) is 75.1 Å². The van der Waals surface area contributed by atoms with E-state index in [1.165, 1.54) is 18.6 Å². The average Bonchev–Trinajstić information content (AvgIpc) is 2.51. The molecule has 0 saturated heterocycles. The Morgan fingerprint density at radius 2 is 2.24 bits per heavy atom. The summed E-state index contributed by atoms with van der Waals surface area (Å²) < 4.78 is 0. The van der Waals surface area contributed by atoms with Gasteiger partial charge in [0.05, 0.1) is 18.5 Å². The molecule has 0 bridgehead atoms. The summed E-state index contributed by atoms with van der Waals surface area (Å²) >= 11 is 0. The summed E-state index contributed by atoms with van der Waals surface area (Å²) in [4.78, 5) is 19.9. The summed E-state index contributed by atoms with van der Waals surface area (Å²) in [5.41, 5.74) is 2.61. The monoisotopic (exact) mass is 281 g/mol. The highest BCUT2D eigenvalue weighted by Gasteiger charge is 2.09. The van der Waals surface area contributed by atoms with Crippen LogP contribution in [0.5, 0.6) is 0 Å². The fraction of sp³-hybridized carbons (Fsp3) is 0.188. The third kappa shape index (κ3) is 4.13. The Labute approximate surface area is 123 Å². The maximum Gasteiger partial charge on any atom is 0.275 e. The number of hydrogen-bond donors (Lipinski definition) is 2. The zero-order chi connectivity index (χ0) is 15.1. The van der Waals surface area contributed by atoms with Crippen molar-refractivity contribution in [2.75, 3.05) is 11.9 Å². The Hall–Kier alpha value is -2.71. The van der Waals surface area contributed by atoms with Crippen molar-refractivity contribution < 1.29 is 9.90 Å². The number of rotatable bonds is 3. The number of aryl methyl sites for hydroxylation is 1. The number of nitrogens with one attached hydrogen (secondary N) is 1. The van der Waals surface area contributed by atoms with Crippen LogP contribution in [-0.4, -0.2) is 27.6 Å². The van der Waals surface area contributed by atoms with Gasteiger partial charge in [-0.15, -0.1) is 0 Å². The van der Waals surface area contributed by atoms with Gasteiger partial charge in [0.15, 0.2) is 0 Å². The van der Waals surface area contributed by atoms with Crippen molar-refractivity contribution in [2.24, 2.45) is 0 Å². The van der Waals surface area contributed by atoms with Crippen LogP contribution in [0.4, 0.5) is 5.69 Å². The van der Waals surface area contributed by atoms with Crippen molar-refractivity contribution >= 4 is 11.6 Å². The third-order valence-electron chi connectivity index (χ3n) is 2.68. The molecule has 0 fully saturated rings. The lowest BCUT2D eigenvalue weighted by Gasteiger charge is -2.07. The van der Waals surface area contributed by atoms with E-state index >= 15 is 0 Å². The van der Waals surface area contributed by atoms with Crippen molar-refractivity contribution in [3.63, 3.8) is 0 Å². The van der Waals surface area contributed by atoms with Crippen LogP contribution in [0, 0.1) is 18.8 Å². The number of amides is 1. The lowest BCUT2D eigenvalue weighted by molar-refractivity contribution is 0.102. The van der Waals surface area contributed by atoms with Crippen molar-refractivity contribution in [3.05, 3.63) is 53.6 Å². The molecule has 2 aromatic rings. The number of nitrogens with zero attached hydrogens (tertiary/aromatic N) is 2. The number of carbonyl (C=O) groups excluding carboxylic acids is 1. The second kappa shape index (κ2) is 7.17. The highest BCUT2D eigenvalue weighted by molar-refractivity contribution is 6.03. The molecule has 0 aliphatic heterocycles. The van der Waals surface area contributed by atoms with Gasteiger partial charge in [0.25, 0.3) is 5.91 Å². The molecule has 0 saturated carbocycles. The van der Waals surface area contributed by atoms with Crippen LogP contribution in [0.15, 0.2) is 36.8 Å². The molecule has 1 heterocycles. The van der Waals surface area contributed by atoms with E-state index in [0.717, 1.165) is 5.56 Å². The number of hydrogen-bond acceptors (Lipinski definition) is 4. The Bertz CT molecular complexity index is 688. The fourth-order valence-corrected chi connectivity index (χ4v) is 1.69. The summed E-state index contributed by atoms with van der Waals surface area (Å²) in [7, 11) is 0. The fourth-order valence-electron chi connectivity index (χ4n) is 1.69. The molecule has 0 radical (unpaired) electrons. The van der Waals surface area contributed by atoms with Crippen molar-refractivity contribution in [1.82, 2.24) is 9.97 Å². The predicted octanol–water partition coefficient (Wildman–Crippen LogP) is 1.77. The van der Waals surface area contributed by atoms with Gasteiger partial charge in [-0.25, -0.2) is 4.98 Å². The van der Waals surface area contributed by atoms with E-state index in [4.69, 9.17) is 5.11 Å². The van der Waals surface area contributed by atoms with Crippen LogP contribution < -0.4 is 5.32 Å². The van der Waals surface area contributed by atoms with Crippen LogP contribution in [-0.2, 0) is 0 Å². The Morgan fingerprint density at radius 3 is 2.95 bits per heavy atom. The normalized spacial score (nSPS) is 9.62. The maximum absolute atomic E-state index is 12.1. The highest BCUT2D eigenvalue weighted by Crippen LogP contribution is 2.17. The van der Waals surface area contributed by atoms with Crippen LogP contribution in [0.1, 0.15) is 28.0 Å². The first-order chi connectivity index (χ1) is 10.2. The Kier molecular flexibility index (Phi) is 5.02. The second-order valence-electron chi connectivity index (χ2n) is 4.37. The first-order valence-electron chi connectivity index (χ1n) is 6.48. The molecule has 5 nitrogen and oxygen atoms in total. The number of benzene rings is 1. The third-order valence-corrected chi connectivity index (χ3v) is 2.68. The van der Waals surface area contributed by atoms with Gasteiger partial charge in [0, 0.05) is 24.4 Å². The molecule has 0 atom stereocenters. The predicted molar refractivity (Wildman–Crippen MR) is 79.7 cm³/mol. The molecule has 0 spiro atoms. The largest absolute Gasteiger partial charge is 0.395 e. The summed E-state index contributed by atoms with van der Waals surface area (Å²) in [6.07, 6.45) is 4.77. The standard InChI is InChI=1S/C16H15N3O2/c1-12-5-6-14(13(10-12)4-2-3-9-20)19-16(21)15-11-17-7-8-18-15/h5-8,10-11,20H,3,9H2,1H3,(H,19,21). The number of aliphatic hydroxyl groups excluding tert-OH is 1. The van der Waals surface area contributed by atoms with Gasteiger partial charge in [-0.1, -0.05) is 17.9 Å². The maximum atomic E-state index is 12.1. The van der Waals surface area contributed by atoms with Crippen molar-refractivity contribution in [1.29, 1.82) is 0 Å². The minimum Gasteiger partial charge on any atom is -0.395 e. The number of aromatic nitrogens is 2.